The van der Waals surface area contributed by atoms with Crippen molar-refractivity contribution in [2.45, 2.75) is 25.8 Å². The Morgan fingerprint density at radius 2 is 2.21 bits per heavy atom. The molecule has 1 fully saturated rings. The lowest BCUT2D eigenvalue weighted by Gasteiger charge is -2.39. The molecule has 0 bridgehead atoms. The molecule has 1 aromatic carbocycles. The number of likely N-dealkylation sites (tertiary alicyclic amines) is 1. The highest BCUT2D eigenvalue weighted by Gasteiger charge is 2.41. The first-order valence-electron chi connectivity index (χ1n) is 8.19. The summed E-state index contributed by atoms with van der Waals surface area (Å²) in [5, 5.41) is 9.65. The zero-order valence-corrected chi connectivity index (χ0v) is 13.6. The molecule has 3 rings (SSSR count). The molecule has 0 aliphatic carbocycles. The average molecular weight is 326 g/mol. The molecule has 24 heavy (non-hydrogen) atoms. The second-order valence-electron chi connectivity index (χ2n) is 6.40. The molecular formula is C19H22N2O3. The van der Waals surface area contributed by atoms with Crippen LogP contribution in [0.15, 0.2) is 53.7 Å². The molecule has 1 aliphatic heterocycles. The third kappa shape index (κ3) is 3.41. The van der Waals surface area contributed by atoms with Crippen LogP contribution in [0.5, 0.6) is 0 Å². The molecule has 126 valence electrons. The van der Waals surface area contributed by atoms with Crippen molar-refractivity contribution in [3.05, 3.63) is 54.9 Å². The SMILES string of the molecule is C=CC[C@@]1(C(=O)O)CCCN(Cc2coc(-c3ccccc3)n2)C1. The van der Waals surface area contributed by atoms with Gasteiger partial charge in [-0.05, 0) is 37.9 Å². The van der Waals surface area contributed by atoms with Crippen LogP contribution in [0.2, 0.25) is 0 Å². The third-order valence-electron chi connectivity index (χ3n) is 4.60. The van der Waals surface area contributed by atoms with Crippen LogP contribution in [-0.4, -0.2) is 34.0 Å². The van der Waals surface area contributed by atoms with Crippen molar-refractivity contribution in [3.63, 3.8) is 0 Å². The Hall–Kier alpha value is -2.40. The molecule has 1 N–H and O–H groups in total. The van der Waals surface area contributed by atoms with Gasteiger partial charge in [-0.25, -0.2) is 4.98 Å². The monoisotopic (exact) mass is 326 g/mol. The van der Waals surface area contributed by atoms with Crippen LogP contribution in [0, 0.1) is 5.41 Å². The van der Waals surface area contributed by atoms with Gasteiger partial charge in [-0.3, -0.25) is 9.69 Å². The molecule has 0 saturated carbocycles. The van der Waals surface area contributed by atoms with Crippen molar-refractivity contribution in [3.8, 4) is 11.5 Å². The predicted octanol–water partition coefficient (Wildman–Crippen LogP) is 3.58. The van der Waals surface area contributed by atoms with Gasteiger partial charge in [0.2, 0.25) is 5.89 Å². The molecule has 2 heterocycles. The molecule has 5 heteroatoms. The number of carboxylic acid groups (broad SMARTS) is 1. The van der Waals surface area contributed by atoms with E-state index in [-0.39, 0.29) is 0 Å². The molecule has 0 spiro atoms. The molecule has 1 aliphatic rings. The normalized spacial score (nSPS) is 21.5. The summed E-state index contributed by atoms with van der Waals surface area (Å²) in [6, 6.07) is 9.75. The minimum atomic E-state index is -0.739. The quantitative estimate of drug-likeness (QED) is 0.822. The lowest BCUT2D eigenvalue weighted by atomic mass is 9.77. The first kappa shape index (κ1) is 16.5. The summed E-state index contributed by atoms with van der Waals surface area (Å²) >= 11 is 0. The lowest BCUT2D eigenvalue weighted by Crippen LogP contribution is -2.47. The van der Waals surface area contributed by atoms with Crippen molar-refractivity contribution in [1.29, 1.82) is 0 Å². The summed E-state index contributed by atoms with van der Waals surface area (Å²) in [5.41, 5.74) is 1.04. The zero-order chi connectivity index (χ0) is 17.0. The van der Waals surface area contributed by atoms with E-state index in [1.807, 2.05) is 30.3 Å². The van der Waals surface area contributed by atoms with Gasteiger partial charge in [0.1, 0.15) is 6.26 Å². The van der Waals surface area contributed by atoms with Crippen LogP contribution in [0.4, 0.5) is 0 Å². The van der Waals surface area contributed by atoms with E-state index in [1.54, 1.807) is 12.3 Å². The van der Waals surface area contributed by atoms with E-state index >= 15 is 0 Å². The van der Waals surface area contributed by atoms with Crippen molar-refractivity contribution in [1.82, 2.24) is 9.88 Å². The van der Waals surface area contributed by atoms with Crippen LogP contribution in [-0.2, 0) is 11.3 Å². The largest absolute Gasteiger partial charge is 0.481 e. The summed E-state index contributed by atoms with van der Waals surface area (Å²) in [5.74, 6) is -0.143. The topological polar surface area (TPSA) is 66.6 Å². The van der Waals surface area contributed by atoms with E-state index < -0.39 is 11.4 Å². The Labute approximate surface area is 141 Å². The highest BCUT2D eigenvalue weighted by Crippen LogP contribution is 2.35. The van der Waals surface area contributed by atoms with E-state index in [0.29, 0.717) is 31.8 Å². The average Bonchev–Trinajstić information content (AvgIpc) is 3.04. The maximum absolute atomic E-state index is 11.7. The van der Waals surface area contributed by atoms with Crippen LogP contribution in [0.1, 0.15) is 25.0 Å². The number of allylic oxidation sites excluding steroid dienone is 1. The number of hydrogen-bond acceptors (Lipinski definition) is 4. The summed E-state index contributed by atoms with van der Waals surface area (Å²) in [4.78, 5) is 18.4. The molecule has 1 aromatic heterocycles. The number of hydrogen-bond donors (Lipinski definition) is 1. The van der Waals surface area contributed by atoms with Gasteiger partial charge in [-0.2, -0.15) is 0 Å². The molecule has 0 radical (unpaired) electrons. The van der Waals surface area contributed by atoms with Crippen molar-refractivity contribution < 1.29 is 14.3 Å². The second-order valence-corrected chi connectivity index (χ2v) is 6.40. The van der Waals surface area contributed by atoms with E-state index in [0.717, 1.165) is 24.2 Å². The minimum Gasteiger partial charge on any atom is -0.481 e. The van der Waals surface area contributed by atoms with Gasteiger partial charge in [0.15, 0.2) is 0 Å². The summed E-state index contributed by atoms with van der Waals surface area (Å²) < 4.78 is 5.57. The number of aliphatic carboxylic acids is 1. The molecule has 5 nitrogen and oxygen atoms in total. The smallest absolute Gasteiger partial charge is 0.311 e. The maximum atomic E-state index is 11.7. The first-order chi connectivity index (χ1) is 11.6. The molecular weight excluding hydrogens is 304 g/mol. The second kappa shape index (κ2) is 7.01. The number of nitrogens with zero attached hydrogens (tertiary/aromatic N) is 2. The molecule has 0 unspecified atom stereocenters. The summed E-state index contributed by atoms with van der Waals surface area (Å²) in [7, 11) is 0. The van der Waals surface area contributed by atoms with Crippen LogP contribution in [0.3, 0.4) is 0 Å². The van der Waals surface area contributed by atoms with Crippen molar-refractivity contribution in [2.24, 2.45) is 5.41 Å². The lowest BCUT2D eigenvalue weighted by molar-refractivity contribution is -0.152. The fourth-order valence-electron chi connectivity index (χ4n) is 3.39. The van der Waals surface area contributed by atoms with E-state index in [9.17, 15) is 9.90 Å². The van der Waals surface area contributed by atoms with Crippen LogP contribution < -0.4 is 0 Å². The number of carbonyl (C=O) groups is 1. The van der Waals surface area contributed by atoms with Gasteiger partial charge in [0, 0.05) is 18.7 Å². The van der Waals surface area contributed by atoms with Crippen molar-refractivity contribution >= 4 is 5.97 Å². The van der Waals surface area contributed by atoms with Crippen molar-refractivity contribution in [2.75, 3.05) is 13.1 Å². The van der Waals surface area contributed by atoms with Gasteiger partial charge < -0.3 is 9.52 Å². The minimum absolute atomic E-state index is 0.493. The number of rotatable bonds is 6. The third-order valence-corrected chi connectivity index (χ3v) is 4.60. The van der Waals surface area contributed by atoms with Crippen LogP contribution >= 0.6 is 0 Å². The maximum Gasteiger partial charge on any atom is 0.311 e. The van der Waals surface area contributed by atoms with Gasteiger partial charge in [0.25, 0.3) is 0 Å². The fraction of sp³-hybridized carbons (Fsp3) is 0.368. The number of aromatic nitrogens is 1. The Balaban J connectivity index is 1.71. The molecule has 2 aromatic rings. The predicted molar refractivity (Wildman–Crippen MR) is 91.3 cm³/mol. The van der Waals surface area contributed by atoms with Gasteiger partial charge in [0.05, 0.1) is 11.1 Å². The number of carboxylic acids is 1. The standard InChI is InChI=1S/C19H22N2O3/c1-2-9-19(18(22)23)10-6-11-21(14-19)12-16-13-24-17(20-16)15-7-4-3-5-8-15/h2-5,7-8,13H,1,6,9-12,14H2,(H,22,23)/t19-/m1/s1. The molecule has 1 saturated heterocycles. The molecule has 1 atom stereocenters. The highest BCUT2D eigenvalue weighted by atomic mass is 16.4. The summed E-state index contributed by atoms with van der Waals surface area (Å²) in [6.07, 6.45) is 5.42. The highest BCUT2D eigenvalue weighted by molar-refractivity contribution is 5.75. The summed E-state index contributed by atoms with van der Waals surface area (Å²) in [6.45, 7) is 5.71. The number of piperidine rings is 1. The Morgan fingerprint density at radius 3 is 2.92 bits per heavy atom. The van der Waals surface area contributed by atoms with E-state index in [4.69, 9.17) is 4.42 Å². The number of benzene rings is 1. The Kier molecular flexibility index (Phi) is 4.81. The van der Waals surface area contributed by atoms with E-state index in [2.05, 4.69) is 16.5 Å². The zero-order valence-electron chi connectivity index (χ0n) is 13.6. The fourth-order valence-corrected chi connectivity index (χ4v) is 3.39. The van der Waals surface area contributed by atoms with Gasteiger partial charge in [-0.1, -0.05) is 24.3 Å². The van der Waals surface area contributed by atoms with Crippen LogP contribution in [0.25, 0.3) is 11.5 Å². The Morgan fingerprint density at radius 1 is 1.42 bits per heavy atom. The Bertz CT molecular complexity index is 710. The first-order valence-corrected chi connectivity index (χ1v) is 8.19. The van der Waals surface area contributed by atoms with E-state index in [1.165, 1.54) is 0 Å². The number of oxazole rings is 1. The molecule has 0 amide bonds. The van der Waals surface area contributed by atoms with Gasteiger partial charge >= 0.3 is 5.97 Å². The van der Waals surface area contributed by atoms with Gasteiger partial charge in [-0.15, -0.1) is 6.58 Å².